The van der Waals surface area contributed by atoms with Crippen LogP contribution in [0.25, 0.3) is 0 Å². The minimum atomic E-state index is -0.204. The highest BCUT2D eigenvalue weighted by atomic mass is 32.1. The molecular formula is C10H14OS. The first kappa shape index (κ1) is 9.46. The van der Waals surface area contributed by atoms with Crippen molar-refractivity contribution in [2.45, 2.75) is 27.2 Å². The van der Waals surface area contributed by atoms with E-state index in [0.717, 1.165) is 11.3 Å². The van der Waals surface area contributed by atoms with E-state index in [2.05, 4.69) is 0 Å². The molecule has 0 N–H and O–H groups in total. The third-order valence-electron chi connectivity index (χ3n) is 2.24. The first-order chi connectivity index (χ1) is 5.58. The SMILES string of the molecule is CCC(C)(C)C(=O)c1cccs1. The lowest BCUT2D eigenvalue weighted by molar-refractivity contribution is 0.0837. The van der Waals surface area contributed by atoms with Gasteiger partial charge in [0.15, 0.2) is 5.78 Å². The summed E-state index contributed by atoms with van der Waals surface area (Å²) in [5.74, 6) is 0.264. The summed E-state index contributed by atoms with van der Waals surface area (Å²) in [4.78, 5) is 12.6. The van der Waals surface area contributed by atoms with Crippen molar-refractivity contribution in [1.29, 1.82) is 0 Å². The number of carbonyl (C=O) groups is 1. The van der Waals surface area contributed by atoms with Crippen molar-refractivity contribution in [2.75, 3.05) is 0 Å². The molecule has 0 aliphatic rings. The van der Waals surface area contributed by atoms with E-state index >= 15 is 0 Å². The predicted octanol–water partition coefficient (Wildman–Crippen LogP) is 3.37. The van der Waals surface area contributed by atoms with Gasteiger partial charge in [0.25, 0.3) is 0 Å². The third kappa shape index (κ3) is 1.75. The van der Waals surface area contributed by atoms with Crippen molar-refractivity contribution in [3.8, 4) is 0 Å². The largest absolute Gasteiger partial charge is 0.293 e. The van der Waals surface area contributed by atoms with E-state index in [1.807, 2.05) is 38.3 Å². The first-order valence-electron chi connectivity index (χ1n) is 4.16. The van der Waals surface area contributed by atoms with Gasteiger partial charge in [0.1, 0.15) is 0 Å². The molecule has 1 nitrogen and oxygen atoms in total. The summed E-state index contributed by atoms with van der Waals surface area (Å²) in [6, 6.07) is 3.81. The molecule has 0 aromatic carbocycles. The molecule has 66 valence electrons. The van der Waals surface area contributed by atoms with Crippen LogP contribution in [0.4, 0.5) is 0 Å². The van der Waals surface area contributed by atoms with Crippen LogP contribution < -0.4 is 0 Å². The van der Waals surface area contributed by atoms with Crippen molar-refractivity contribution < 1.29 is 4.79 Å². The number of ketones is 1. The smallest absolute Gasteiger partial charge is 0.178 e. The van der Waals surface area contributed by atoms with E-state index in [9.17, 15) is 4.79 Å². The summed E-state index contributed by atoms with van der Waals surface area (Å²) in [6.45, 7) is 6.04. The molecule has 0 atom stereocenters. The van der Waals surface area contributed by atoms with Gasteiger partial charge in [-0.2, -0.15) is 0 Å². The molecule has 0 spiro atoms. The normalized spacial score (nSPS) is 11.6. The summed E-state index contributed by atoms with van der Waals surface area (Å²) >= 11 is 1.52. The zero-order chi connectivity index (χ0) is 9.19. The van der Waals surface area contributed by atoms with Crippen LogP contribution in [0.2, 0.25) is 0 Å². The van der Waals surface area contributed by atoms with Gasteiger partial charge in [0.2, 0.25) is 0 Å². The fourth-order valence-electron chi connectivity index (χ4n) is 0.902. The average Bonchev–Trinajstić information content (AvgIpc) is 2.55. The lowest BCUT2D eigenvalue weighted by Gasteiger charge is -2.19. The van der Waals surface area contributed by atoms with Crippen LogP contribution in [0.5, 0.6) is 0 Å². The Labute approximate surface area is 77.4 Å². The molecule has 0 aliphatic carbocycles. The maximum absolute atomic E-state index is 11.8. The van der Waals surface area contributed by atoms with Crippen molar-refractivity contribution in [3.63, 3.8) is 0 Å². The van der Waals surface area contributed by atoms with Crippen LogP contribution in [0, 0.1) is 5.41 Å². The van der Waals surface area contributed by atoms with E-state index < -0.39 is 0 Å². The zero-order valence-electron chi connectivity index (χ0n) is 7.76. The second-order valence-corrected chi connectivity index (χ2v) is 4.49. The summed E-state index contributed by atoms with van der Waals surface area (Å²) in [5, 5.41) is 1.94. The molecule has 0 saturated heterocycles. The Morgan fingerprint density at radius 2 is 2.25 bits per heavy atom. The summed E-state index contributed by atoms with van der Waals surface area (Å²) < 4.78 is 0. The van der Waals surface area contributed by atoms with Gasteiger partial charge < -0.3 is 0 Å². The highest BCUT2D eigenvalue weighted by Crippen LogP contribution is 2.27. The molecule has 1 aromatic heterocycles. The number of rotatable bonds is 3. The molecule has 12 heavy (non-hydrogen) atoms. The standard InChI is InChI=1S/C10H14OS/c1-4-10(2,3)9(11)8-6-5-7-12-8/h5-7H,4H2,1-3H3. The molecule has 2 heteroatoms. The molecule has 0 bridgehead atoms. The van der Waals surface area contributed by atoms with Gasteiger partial charge in [-0.1, -0.05) is 26.8 Å². The van der Waals surface area contributed by atoms with Gasteiger partial charge in [-0.05, 0) is 17.9 Å². The lowest BCUT2D eigenvalue weighted by Crippen LogP contribution is -2.22. The Balaban J connectivity index is 2.86. The molecule has 0 amide bonds. The fourth-order valence-corrected chi connectivity index (χ4v) is 1.75. The molecule has 1 heterocycles. The molecule has 1 aromatic rings. The van der Waals surface area contributed by atoms with E-state index in [4.69, 9.17) is 0 Å². The Hall–Kier alpha value is -0.630. The van der Waals surface area contributed by atoms with Crippen LogP contribution in [0.3, 0.4) is 0 Å². The Bertz CT molecular complexity index is 259. The van der Waals surface area contributed by atoms with Crippen LogP contribution in [0.15, 0.2) is 17.5 Å². The number of thiophene rings is 1. The topological polar surface area (TPSA) is 17.1 Å². The predicted molar refractivity (Wildman–Crippen MR) is 52.7 cm³/mol. The molecule has 0 saturated carbocycles. The van der Waals surface area contributed by atoms with E-state index in [1.165, 1.54) is 11.3 Å². The quantitative estimate of drug-likeness (QED) is 0.655. The Kier molecular flexibility index (Phi) is 2.68. The molecule has 0 fully saturated rings. The maximum Gasteiger partial charge on any atom is 0.178 e. The molecular weight excluding hydrogens is 168 g/mol. The average molecular weight is 182 g/mol. The summed E-state index contributed by atoms with van der Waals surface area (Å²) in [5.41, 5.74) is -0.204. The molecule has 0 aliphatic heterocycles. The van der Waals surface area contributed by atoms with E-state index in [0.29, 0.717) is 0 Å². The number of hydrogen-bond donors (Lipinski definition) is 0. The van der Waals surface area contributed by atoms with Gasteiger partial charge in [-0.3, -0.25) is 4.79 Å². The monoisotopic (exact) mass is 182 g/mol. The second-order valence-electron chi connectivity index (χ2n) is 3.54. The van der Waals surface area contributed by atoms with E-state index in [1.54, 1.807) is 0 Å². The minimum Gasteiger partial charge on any atom is -0.293 e. The third-order valence-corrected chi connectivity index (χ3v) is 3.11. The number of hydrogen-bond acceptors (Lipinski definition) is 2. The van der Waals surface area contributed by atoms with Crippen molar-refractivity contribution >= 4 is 17.1 Å². The first-order valence-corrected chi connectivity index (χ1v) is 5.04. The van der Waals surface area contributed by atoms with Gasteiger partial charge in [-0.25, -0.2) is 0 Å². The lowest BCUT2D eigenvalue weighted by atomic mass is 9.85. The van der Waals surface area contributed by atoms with Crippen LogP contribution in [-0.2, 0) is 0 Å². The Morgan fingerprint density at radius 3 is 2.67 bits per heavy atom. The van der Waals surface area contributed by atoms with Crippen LogP contribution >= 0.6 is 11.3 Å². The van der Waals surface area contributed by atoms with Gasteiger partial charge in [-0.15, -0.1) is 11.3 Å². The van der Waals surface area contributed by atoms with Crippen molar-refractivity contribution in [1.82, 2.24) is 0 Å². The van der Waals surface area contributed by atoms with Crippen molar-refractivity contribution in [3.05, 3.63) is 22.4 Å². The van der Waals surface area contributed by atoms with Gasteiger partial charge >= 0.3 is 0 Å². The second kappa shape index (κ2) is 3.40. The number of carbonyl (C=O) groups excluding carboxylic acids is 1. The highest BCUT2D eigenvalue weighted by Gasteiger charge is 2.26. The van der Waals surface area contributed by atoms with Crippen LogP contribution in [0.1, 0.15) is 36.9 Å². The Morgan fingerprint density at radius 1 is 1.58 bits per heavy atom. The van der Waals surface area contributed by atoms with Gasteiger partial charge in [0, 0.05) is 5.41 Å². The molecule has 0 radical (unpaired) electrons. The van der Waals surface area contributed by atoms with Crippen molar-refractivity contribution in [2.24, 2.45) is 5.41 Å². The summed E-state index contributed by atoms with van der Waals surface area (Å²) in [7, 11) is 0. The van der Waals surface area contributed by atoms with Crippen LogP contribution in [-0.4, -0.2) is 5.78 Å². The zero-order valence-corrected chi connectivity index (χ0v) is 8.57. The van der Waals surface area contributed by atoms with Gasteiger partial charge in [0.05, 0.1) is 4.88 Å². The van der Waals surface area contributed by atoms with E-state index in [-0.39, 0.29) is 11.2 Å². The number of Topliss-reactive ketones (excluding diaryl/α,β-unsaturated/α-hetero) is 1. The maximum atomic E-state index is 11.8. The molecule has 0 unspecified atom stereocenters. The molecule has 1 rings (SSSR count). The highest BCUT2D eigenvalue weighted by molar-refractivity contribution is 7.12. The minimum absolute atomic E-state index is 0.204. The fraction of sp³-hybridized carbons (Fsp3) is 0.500. The summed E-state index contributed by atoms with van der Waals surface area (Å²) in [6.07, 6.45) is 0.893.